The van der Waals surface area contributed by atoms with Gasteiger partial charge in [-0.15, -0.1) is 35.3 Å². The van der Waals surface area contributed by atoms with Gasteiger partial charge < -0.3 is 15.7 Å². The normalized spacial score (nSPS) is 11.2. The number of aliphatic imine (C=N–C) groups is 1. The average Bonchev–Trinajstić information content (AvgIpc) is 2.90. The molecular weight excluding hydrogens is 454 g/mol. The van der Waals surface area contributed by atoms with Crippen LogP contribution in [-0.2, 0) is 19.6 Å². The lowest BCUT2D eigenvalue weighted by Crippen LogP contribution is -2.37. The Morgan fingerprint density at radius 2 is 2.08 bits per heavy atom. The van der Waals surface area contributed by atoms with Crippen molar-refractivity contribution in [2.75, 3.05) is 13.6 Å². The minimum absolute atomic E-state index is 0. The molecule has 0 saturated heterocycles. The number of aromatic nitrogens is 1. The number of hydrogen-bond donors (Lipinski definition) is 3. The van der Waals surface area contributed by atoms with Crippen molar-refractivity contribution in [3.63, 3.8) is 0 Å². The van der Waals surface area contributed by atoms with Crippen molar-refractivity contribution >= 4 is 41.3 Å². The van der Waals surface area contributed by atoms with Gasteiger partial charge in [0.1, 0.15) is 5.82 Å². The standard InChI is InChI=1S/C17H23FN4OS.HI/c1-11-12(2)24-16(22-11)6-7-20-17(19-3)21-9-13-4-5-15(18)14(8-13)10-23;/h4-5,8,23H,6-7,9-10H2,1-3H3,(H2,19,20,21);1H. The Labute approximate surface area is 168 Å². The van der Waals surface area contributed by atoms with Gasteiger partial charge in [0.25, 0.3) is 0 Å². The predicted octanol–water partition coefficient (Wildman–Crippen LogP) is 2.92. The van der Waals surface area contributed by atoms with E-state index in [1.54, 1.807) is 30.5 Å². The van der Waals surface area contributed by atoms with Crippen molar-refractivity contribution < 1.29 is 9.50 Å². The maximum Gasteiger partial charge on any atom is 0.191 e. The second-order valence-corrected chi connectivity index (χ2v) is 6.72. The molecule has 0 bridgehead atoms. The Morgan fingerprint density at radius 1 is 1.32 bits per heavy atom. The van der Waals surface area contributed by atoms with Crippen LogP contribution in [0, 0.1) is 19.7 Å². The largest absolute Gasteiger partial charge is 0.392 e. The molecule has 2 rings (SSSR count). The van der Waals surface area contributed by atoms with Crippen LogP contribution in [0.1, 0.15) is 26.7 Å². The van der Waals surface area contributed by atoms with Gasteiger partial charge in [0, 0.05) is 37.0 Å². The number of guanidine groups is 1. The highest BCUT2D eigenvalue weighted by Crippen LogP contribution is 2.16. The topological polar surface area (TPSA) is 69.5 Å². The van der Waals surface area contributed by atoms with E-state index in [1.165, 1.54) is 10.9 Å². The first-order valence-electron chi connectivity index (χ1n) is 7.79. The summed E-state index contributed by atoms with van der Waals surface area (Å²) in [5, 5.41) is 16.6. The summed E-state index contributed by atoms with van der Waals surface area (Å²) < 4.78 is 13.4. The zero-order chi connectivity index (χ0) is 17.5. The highest BCUT2D eigenvalue weighted by atomic mass is 127. The van der Waals surface area contributed by atoms with Crippen LogP contribution in [0.15, 0.2) is 23.2 Å². The number of aryl methyl sites for hydroxylation is 2. The Morgan fingerprint density at radius 3 is 2.68 bits per heavy atom. The lowest BCUT2D eigenvalue weighted by atomic mass is 10.1. The van der Waals surface area contributed by atoms with Gasteiger partial charge in [-0.3, -0.25) is 4.99 Å². The molecule has 0 radical (unpaired) electrons. The van der Waals surface area contributed by atoms with E-state index in [9.17, 15) is 4.39 Å². The van der Waals surface area contributed by atoms with Crippen LogP contribution in [0.25, 0.3) is 0 Å². The monoisotopic (exact) mass is 478 g/mol. The first-order chi connectivity index (χ1) is 11.5. The summed E-state index contributed by atoms with van der Waals surface area (Å²) in [5.74, 6) is 0.285. The number of nitrogens with zero attached hydrogens (tertiary/aromatic N) is 2. The lowest BCUT2D eigenvalue weighted by molar-refractivity contribution is 0.275. The third kappa shape index (κ3) is 6.52. The molecule has 1 aromatic carbocycles. The van der Waals surface area contributed by atoms with E-state index in [1.807, 2.05) is 6.92 Å². The molecule has 0 amide bonds. The number of aliphatic hydroxyl groups is 1. The molecule has 0 aliphatic rings. The van der Waals surface area contributed by atoms with E-state index in [4.69, 9.17) is 5.11 Å². The van der Waals surface area contributed by atoms with Crippen LogP contribution < -0.4 is 10.6 Å². The van der Waals surface area contributed by atoms with Crippen molar-refractivity contribution in [3.8, 4) is 0 Å². The first-order valence-corrected chi connectivity index (χ1v) is 8.60. The molecular formula is C17H24FIN4OS. The third-order valence-corrected chi connectivity index (χ3v) is 4.80. The molecule has 1 aromatic heterocycles. The quantitative estimate of drug-likeness (QED) is 0.340. The Bertz CT molecular complexity index is 701. The molecule has 0 spiro atoms. The molecule has 8 heteroatoms. The predicted molar refractivity (Wildman–Crippen MR) is 111 cm³/mol. The van der Waals surface area contributed by atoms with E-state index >= 15 is 0 Å². The molecule has 0 aliphatic carbocycles. The van der Waals surface area contributed by atoms with Crippen molar-refractivity contribution in [2.24, 2.45) is 4.99 Å². The molecule has 0 saturated carbocycles. The number of aliphatic hydroxyl groups excluding tert-OH is 1. The molecule has 0 fully saturated rings. The van der Waals surface area contributed by atoms with Crippen LogP contribution in [-0.4, -0.2) is 29.6 Å². The third-order valence-electron chi connectivity index (χ3n) is 3.67. The van der Waals surface area contributed by atoms with E-state index in [-0.39, 0.29) is 30.6 Å². The number of halogens is 2. The SMILES string of the molecule is CN=C(NCCc1nc(C)c(C)s1)NCc1ccc(F)c(CO)c1.I. The summed E-state index contributed by atoms with van der Waals surface area (Å²) in [7, 11) is 1.71. The van der Waals surface area contributed by atoms with Crippen LogP contribution in [0.3, 0.4) is 0 Å². The summed E-state index contributed by atoms with van der Waals surface area (Å²) in [5.41, 5.74) is 2.27. The zero-order valence-electron chi connectivity index (χ0n) is 14.6. The van der Waals surface area contributed by atoms with Gasteiger partial charge in [-0.05, 0) is 31.5 Å². The van der Waals surface area contributed by atoms with Crippen LogP contribution in [0.5, 0.6) is 0 Å². The van der Waals surface area contributed by atoms with Crippen molar-refractivity contribution in [1.82, 2.24) is 15.6 Å². The van der Waals surface area contributed by atoms with E-state index < -0.39 is 5.82 Å². The maximum absolute atomic E-state index is 13.4. The fraction of sp³-hybridized carbons (Fsp3) is 0.412. The second-order valence-electron chi connectivity index (χ2n) is 5.44. The molecule has 0 aliphatic heterocycles. The maximum atomic E-state index is 13.4. The van der Waals surface area contributed by atoms with E-state index in [0.29, 0.717) is 18.1 Å². The summed E-state index contributed by atoms with van der Waals surface area (Å²) in [6, 6.07) is 4.71. The number of nitrogens with one attached hydrogen (secondary N) is 2. The number of rotatable bonds is 6. The van der Waals surface area contributed by atoms with E-state index in [0.717, 1.165) is 29.2 Å². The van der Waals surface area contributed by atoms with Crippen LogP contribution >= 0.6 is 35.3 Å². The molecule has 3 N–H and O–H groups in total. The fourth-order valence-corrected chi connectivity index (χ4v) is 3.13. The Hall–Kier alpha value is -1.26. The highest BCUT2D eigenvalue weighted by molar-refractivity contribution is 14.0. The van der Waals surface area contributed by atoms with Gasteiger partial charge in [0.05, 0.1) is 17.3 Å². The van der Waals surface area contributed by atoms with Crippen LogP contribution in [0.4, 0.5) is 4.39 Å². The zero-order valence-corrected chi connectivity index (χ0v) is 17.7. The smallest absolute Gasteiger partial charge is 0.191 e. The van der Waals surface area contributed by atoms with Gasteiger partial charge in [-0.25, -0.2) is 9.37 Å². The minimum Gasteiger partial charge on any atom is -0.392 e. The lowest BCUT2D eigenvalue weighted by Gasteiger charge is -2.12. The van der Waals surface area contributed by atoms with Crippen molar-refractivity contribution in [1.29, 1.82) is 0 Å². The molecule has 0 unspecified atom stereocenters. The van der Waals surface area contributed by atoms with Gasteiger partial charge in [-0.2, -0.15) is 0 Å². The van der Waals surface area contributed by atoms with Gasteiger partial charge in [-0.1, -0.05) is 6.07 Å². The fourth-order valence-electron chi connectivity index (χ4n) is 2.20. The van der Waals surface area contributed by atoms with Crippen LogP contribution in [0.2, 0.25) is 0 Å². The Balaban J connectivity index is 0.00000312. The van der Waals surface area contributed by atoms with Gasteiger partial charge in [0.15, 0.2) is 5.96 Å². The van der Waals surface area contributed by atoms with Gasteiger partial charge in [0.2, 0.25) is 0 Å². The summed E-state index contributed by atoms with van der Waals surface area (Å²) in [4.78, 5) is 9.94. The molecule has 25 heavy (non-hydrogen) atoms. The molecule has 5 nitrogen and oxygen atoms in total. The molecule has 2 aromatic rings. The van der Waals surface area contributed by atoms with Gasteiger partial charge >= 0.3 is 0 Å². The van der Waals surface area contributed by atoms with E-state index in [2.05, 4.69) is 27.5 Å². The van der Waals surface area contributed by atoms with Crippen molar-refractivity contribution in [3.05, 3.63) is 50.7 Å². The molecule has 138 valence electrons. The highest BCUT2D eigenvalue weighted by Gasteiger charge is 2.05. The average molecular weight is 478 g/mol. The summed E-state index contributed by atoms with van der Waals surface area (Å²) >= 11 is 1.72. The summed E-state index contributed by atoms with van der Waals surface area (Å²) in [6.45, 7) is 5.03. The number of thiazole rings is 1. The second kappa shape index (κ2) is 10.7. The first kappa shape index (κ1) is 21.8. The number of benzene rings is 1. The minimum atomic E-state index is -0.391. The Kier molecular flexibility index (Phi) is 9.30. The summed E-state index contributed by atoms with van der Waals surface area (Å²) in [6.07, 6.45) is 0.839. The number of hydrogen-bond acceptors (Lipinski definition) is 4. The molecule has 0 atom stereocenters. The molecule has 1 heterocycles. The van der Waals surface area contributed by atoms with Crippen molar-refractivity contribution in [2.45, 2.75) is 33.4 Å².